The van der Waals surface area contributed by atoms with E-state index < -0.39 is 224 Å². The van der Waals surface area contributed by atoms with Crippen LogP contribution in [0.25, 0.3) is 0 Å². The van der Waals surface area contributed by atoms with Gasteiger partial charge in [-0.3, -0.25) is 0 Å². The van der Waals surface area contributed by atoms with E-state index in [-0.39, 0.29) is 0 Å². The maximum absolute atomic E-state index is 11.2. The molecule has 23 fully saturated rings. The Morgan fingerprint density at radius 1 is 0.269 bits per heavy atom. The van der Waals surface area contributed by atoms with Gasteiger partial charge in [-0.1, -0.05) is 13.2 Å². The number of rotatable bonds is 10. The maximum Gasteiger partial charge on any atom is 0.187 e. The van der Waals surface area contributed by atoms with Crippen LogP contribution in [-0.4, -0.2) is 328 Å². The molecule has 22 aliphatic heterocycles. The molecular formula is C46H76O32. The maximum atomic E-state index is 11.2. The second-order valence-electron chi connectivity index (χ2n) is 19.8. The largest absolute Gasteiger partial charge is 0.499 e. The van der Waals surface area contributed by atoms with Gasteiger partial charge in [0.25, 0.3) is 0 Å². The topological polar surface area (TPSA) is 493 Å². The summed E-state index contributed by atoms with van der Waals surface area (Å²) in [5.74, 6) is 0. The Kier molecular flexibility index (Phi) is 23.1. The molecule has 1 saturated carbocycles. The molecule has 22 heterocycles. The molecule has 452 valence electrons. The standard InChI is InChI=1S/C36H60O30.C10H16O2/c37-1-7-25-13(43)19(49)31(55-7)62-26-8(2-38)57-33(21(51)15(26)45)64-28-10(4-40)59-35(23(53)17(28)47)66-30-12(6-42)60-36(24(54)18(30)48)65-29-11(5-41)58-34(22(52)16(29)46)63-27-9(3-39)56-32(61-25)20(50)14(27)44;1-3-11-9-5-7-10(8-6-9)12-4-2/h7-54H,1-6H2;3-4,9-10H,1-2,5-8H2. The Morgan fingerprint density at radius 3 is 0.551 bits per heavy atom. The highest BCUT2D eigenvalue weighted by Crippen LogP contribution is 2.38. The summed E-state index contributed by atoms with van der Waals surface area (Å²) < 4.78 is 78.4. The van der Waals surface area contributed by atoms with E-state index in [0.29, 0.717) is 12.2 Å². The van der Waals surface area contributed by atoms with Gasteiger partial charge in [0.2, 0.25) is 0 Å². The van der Waals surface area contributed by atoms with Crippen molar-refractivity contribution in [3.63, 3.8) is 0 Å². The second-order valence-corrected chi connectivity index (χ2v) is 19.8. The van der Waals surface area contributed by atoms with Gasteiger partial charge in [-0.2, -0.15) is 0 Å². The summed E-state index contributed by atoms with van der Waals surface area (Å²) in [6.45, 7) is 1.09. The number of hydrogen-bond donors (Lipinski definition) is 18. The number of aliphatic hydroxyl groups excluding tert-OH is 18. The zero-order valence-electron chi connectivity index (χ0n) is 41.9. The van der Waals surface area contributed by atoms with Crippen molar-refractivity contribution in [3.05, 3.63) is 25.7 Å². The van der Waals surface area contributed by atoms with E-state index in [1.165, 1.54) is 12.5 Å². The molecule has 22 saturated heterocycles. The van der Waals surface area contributed by atoms with E-state index in [1.807, 2.05) is 0 Å². The summed E-state index contributed by atoms with van der Waals surface area (Å²) in [4.78, 5) is 0. The predicted molar refractivity (Wildman–Crippen MR) is 244 cm³/mol. The highest BCUT2D eigenvalue weighted by molar-refractivity contribution is 5.01. The van der Waals surface area contributed by atoms with Crippen LogP contribution in [0.5, 0.6) is 0 Å². The quantitative estimate of drug-likeness (QED) is 0.0903. The molecule has 0 radical (unpaired) electrons. The van der Waals surface area contributed by atoms with E-state index in [2.05, 4.69) is 13.2 Å². The molecule has 0 aromatic heterocycles. The molecule has 0 spiro atoms. The lowest BCUT2D eigenvalue weighted by atomic mass is 9.94. The zero-order chi connectivity index (χ0) is 56.9. The van der Waals surface area contributed by atoms with Crippen molar-refractivity contribution >= 4 is 0 Å². The minimum atomic E-state index is -2.15. The van der Waals surface area contributed by atoms with Gasteiger partial charge in [0.05, 0.1) is 64.4 Å². The van der Waals surface area contributed by atoms with Crippen molar-refractivity contribution in [1.82, 2.24) is 0 Å². The molecule has 0 amide bonds. The molecule has 23 rings (SSSR count). The molecule has 1 aliphatic carbocycles. The Bertz CT molecular complexity index is 1510. The van der Waals surface area contributed by atoms with Gasteiger partial charge < -0.3 is 158 Å². The van der Waals surface area contributed by atoms with Crippen molar-refractivity contribution in [2.24, 2.45) is 0 Å². The average molecular weight is 1140 g/mol. The Labute approximate surface area is 445 Å². The van der Waals surface area contributed by atoms with Crippen LogP contribution in [0.15, 0.2) is 25.7 Å². The first-order valence-corrected chi connectivity index (χ1v) is 25.5. The first kappa shape index (κ1) is 63.5. The van der Waals surface area contributed by atoms with Gasteiger partial charge in [-0.25, -0.2) is 0 Å². The third-order valence-electron chi connectivity index (χ3n) is 14.9. The second kappa shape index (κ2) is 28.4. The van der Waals surface area contributed by atoms with Crippen molar-refractivity contribution in [2.75, 3.05) is 39.6 Å². The van der Waals surface area contributed by atoms with E-state index >= 15 is 0 Å². The fourth-order valence-corrected chi connectivity index (χ4v) is 10.5. The summed E-state index contributed by atoms with van der Waals surface area (Å²) in [5, 5.41) is 196. The predicted octanol–water partition coefficient (Wildman–Crippen LogP) is -10.4. The van der Waals surface area contributed by atoms with Gasteiger partial charge >= 0.3 is 0 Å². The minimum Gasteiger partial charge on any atom is -0.499 e. The SMILES string of the molecule is C=COC1CCC(OC=C)CC1.OCC1OC2OC3C(CO)OC(OC4C(CO)OC(OC5C(CO)OC(OC6C(CO)OC(OC7C(CO)OC(OC1C(O)C2O)C(O)C7O)C(O)C6O)C(O)C5O)C(O)C4O)C(O)C3O. The van der Waals surface area contributed by atoms with E-state index in [9.17, 15) is 91.9 Å². The van der Waals surface area contributed by atoms with Crippen molar-refractivity contribution < 1.29 is 158 Å². The normalized spacial score (nSPS) is 51.3. The van der Waals surface area contributed by atoms with Crippen LogP contribution in [-0.2, 0) is 66.3 Å². The lowest BCUT2D eigenvalue weighted by Crippen LogP contribution is -2.69. The van der Waals surface area contributed by atoms with Crippen LogP contribution in [0.4, 0.5) is 0 Å². The third-order valence-corrected chi connectivity index (χ3v) is 14.9. The van der Waals surface area contributed by atoms with Crippen LogP contribution in [0, 0.1) is 0 Å². The highest BCUT2D eigenvalue weighted by atomic mass is 16.8. The Balaban J connectivity index is 0.000000649. The number of ether oxygens (including phenoxy) is 14. The van der Waals surface area contributed by atoms with Crippen LogP contribution < -0.4 is 0 Å². The van der Waals surface area contributed by atoms with Crippen molar-refractivity contribution in [2.45, 2.75) is 222 Å². The number of hydrogen-bond acceptors (Lipinski definition) is 32. The monoisotopic (exact) mass is 1140 g/mol. The van der Waals surface area contributed by atoms with E-state index in [1.54, 1.807) is 0 Å². The molecule has 30 unspecified atom stereocenters. The smallest absolute Gasteiger partial charge is 0.187 e. The Morgan fingerprint density at radius 2 is 0.423 bits per heavy atom. The van der Waals surface area contributed by atoms with Gasteiger partial charge in [-0.05, 0) is 25.7 Å². The molecule has 12 bridgehead atoms. The average Bonchev–Trinajstić information content (AvgIpc) is 3.55. The van der Waals surface area contributed by atoms with Crippen LogP contribution in [0.3, 0.4) is 0 Å². The first-order valence-electron chi connectivity index (χ1n) is 25.5. The lowest BCUT2D eigenvalue weighted by Gasteiger charge is -2.50. The molecule has 0 aromatic carbocycles. The fraction of sp³-hybridized carbons (Fsp3) is 0.913. The van der Waals surface area contributed by atoms with Crippen LogP contribution in [0.1, 0.15) is 25.7 Å². The molecule has 23 aliphatic rings. The molecule has 78 heavy (non-hydrogen) atoms. The summed E-state index contributed by atoms with van der Waals surface area (Å²) in [6.07, 6.45) is -50.5. The molecule has 32 nitrogen and oxygen atoms in total. The van der Waals surface area contributed by atoms with Crippen LogP contribution in [0.2, 0.25) is 0 Å². The first-order chi connectivity index (χ1) is 37.3. The molecule has 18 N–H and O–H groups in total. The van der Waals surface area contributed by atoms with Gasteiger partial charge in [0, 0.05) is 0 Å². The lowest BCUT2D eigenvalue weighted by molar-refractivity contribution is -0.404. The molecule has 0 aromatic rings. The van der Waals surface area contributed by atoms with Crippen molar-refractivity contribution in [1.29, 1.82) is 0 Å². The third kappa shape index (κ3) is 13.6. The Hall–Kier alpha value is -2.12. The molecular weight excluding hydrogens is 1060 g/mol. The summed E-state index contributed by atoms with van der Waals surface area (Å²) >= 11 is 0. The summed E-state index contributed by atoms with van der Waals surface area (Å²) in [7, 11) is 0. The summed E-state index contributed by atoms with van der Waals surface area (Å²) in [6, 6.07) is 0. The van der Waals surface area contributed by atoms with Crippen LogP contribution >= 0.6 is 0 Å². The van der Waals surface area contributed by atoms with E-state index in [0.717, 1.165) is 25.7 Å². The fourth-order valence-electron chi connectivity index (χ4n) is 10.5. The zero-order valence-corrected chi connectivity index (χ0v) is 41.9. The van der Waals surface area contributed by atoms with E-state index in [4.69, 9.17) is 66.3 Å². The van der Waals surface area contributed by atoms with Crippen molar-refractivity contribution in [3.8, 4) is 0 Å². The highest BCUT2D eigenvalue weighted by Gasteiger charge is 2.58. The molecule has 30 atom stereocenters. The summed E-state index contributed by atoms with van der Waals surface area (Å²) in [5.41, 5.74) is 0. The van der Waals surface area contributed by atoms with Gasteiger partial charge in [0.15, 0.2) is 37.7 Å². The number of aliphatic hydroxyl groups is 18. The van der Waals surface area contributed by atoms with Gasteiger partial charge in [-0.15, -0.1) is 0 Å². The molecule has 32 heteroatoms. The van der Waals surface area contributed by atoms with Gasteiger partial charge in [0.1, 0.15) is 146 Å². The minimum absolute atomic E-state index is 0.354.